The highest BCUT2D eigenvalue weighted by Gasteiger charge is 2.11. The first kappa shape index (κ1) is 17.0. The molecule has 1 amide bonds. The zero-order chi connectivity index (χ0) is 17.8. The van der Waals surface area contributed by atoms with E-state index in [0.29, 0.717) is 5.39 Å². The molecule has 0 aliphatic carbocycles. The summed E-state index contributed by atoms with van der Waals surface area (Å²) in [5, 5.41) is 3.68. The predicted molar refractivity (Wildman–Crippen MR) is 101 cm³/mol. The highest BCUT2D eigenvalue weighted by atomic mass is 16.2. The van der Waals surface area contributed by atoms with Gasteiger partial charge in [0, 0.05) is 23.7 Å². The Kier molecular flexibility index (Phi) is 4.98. The Morgan fingerprint density at radius 1 is 1.08 bits per heavy atom. The number of para-hydroxylation sites is 1. The first-order chi connectivity index (χ1) is 12.0. The summed E-state index contributed by atoms with van der Waals surface area (Å²) in [6.45, 7) is 4.28. The van der Waals surface area contributed by atoms with Gasteiger partial charge in [-0.15, -0.1) is 0 Å². The molecule has 0 aliphatic heterocycles. The average Bonchev–Trinajstić information content (AvgIpc) is 2.59. The number of carbonyl (C=O) groups is 1. The summed E-state index contributed by atoms with van der Waals surface area (Å²) in [5.41, 5.74) is 3.22. The Morgan fingerprint density at radius 3 is 2.60 bits per heavy atom. The van der Waals surface area contributed by atoms with Gasteiger partial charge >= 0.3 is 0 Å². The van der Waals surface area contributed by atoms with Gasteiger partial charge in [0.2, 0.25) is 5.91 Å². The van der Waals surface area contributed by atoms with Gasteiger partial charge < -0.3 is 9.88 Å². The number of amides is 1. The lowest BCUT2D eigenvalue weighted by atomic mass is 10.0. The third-order valence-electron chi connectivity index (χ3n) is 4.39. The monoisotopic (exact) mass is 334 g/mol. The zero-order valence-corrected chi connectivity index (χ0v) is 14.5. The molecule has 0 radical (unpaired) electrons. The molecule has 4 nitrogen and oxygen atoms in total. The molecule has 0 bridgehead atoms. The van der Waals surface area contributed by atoms with Crippen molar-refractivity contribution in [2.24, 2.45) is 0 Å². The van der Waals surface area contributed by atoms with E-state index in [-0.39, 0.29) is 23.9 Å². The van der Waals surface area contributed by atoms with E-state index in [0.717, 1.165) is 11.9 Å². The summed E-state index contributed by atoms with van der Waals surface area (Å²) in [7, 11) is 0. The van der Waals surface area contributed by atoms with Crippen molar-refractivity contribution in [3.05, 3.63) is 82.1 Å². The number of pyridine rings is 1. The first-order valence-corrected chi connectivity index (χ1v) is 8.46. The molecule has 0 unspecified atom stereocenters. The van der Waals surface area contributed by atoms with Gasteiger partial charge in [-0.1, -0.05) is 36.4 Å². The SMILES string of the molecule is Cc1ccccc1C[C@@H](C)NC(=O)Cn1ccc(=O)c2ccccc21. The molecule has 1 atom stereocenters. The summed E-state index contributed by atoms with van der Waals surface area (Å²) in [6.07, 6.45) is 2.47. The fourth-order valence-electron chi connectivity index (χ4n) is 3.09. The molecular weight excluding hydrogens is 312 g/mol. The number of hydrogen-bond acceptors (Lipinski definition) is 2. The minimum absolute atomic E-state index is 0.0276. The van der Waals surface area contributed by atoms with E-state index in [4.69, 9.17) is 0 Å². The predicted octanol–water partition coefficient (Wildman–Crippen LogP) is 3.06. The molecule has 2 aromatic carbocycles. The van der Waals surface area contributed by atoms with Crippen molar-refractivity contribution >= 4 is 16.8 Å². The van der Waals surface area contributed by atoms with Crippen LogP contribution in [-0.2, 0) is 17.8 Å². The number of benzene rings is 2. The zero-order valence-electron chi connectivity index (χ0n) is 14.5. The Labute approximate surface area is 147 Å². The van der Waals surface area contributed by atoms with Crippen molar-refractivity contribution in [2.45, 2.75) is 32.9 Å². The van der Waals surface area contributed by atoms with E-state index >= 15 is 0 Å². The van der Waals surface area contributed by atoms with Crippen molar-refractivity contribution in [3.63, 3.8) is 0 Å². The third-order valence-corrected chi connectivity index (χ3v) is 4.39. The quantitative estimate of drug-likeness (QED) is 0.780. The topological polar surface area (TPSA) is 51.1 Å². The van der Waals surface area contributed by atoms with E-state index in [1.807, 2.05) is 41.8 Å². The van der Waals surface area contributed by atoms with Crippen LogP contribution in [0.3, 0.4) is 0 Å². The number of rotatable bonds is 5. The lowest BCUT2D eigenvalue weighted by molar-refractivity contribution is -0.122. The van der Waals surface area contributed by atoms with E-state index in [1.54, 1.807) is 12.3 Å². The van der Waals surface area contributed by atoms with Crippen LogP contribution in [0.2, 0.25) is 0 Å². The maximum absolute atomic E-state index is 12.4. The van der Waals surface area contributed by atoms with Crippen molar-refractivity contribution in [1.82, 2.24) is 9.88 Å². The average molecular weight is 334 g/mol. The van der Waals surface area contributed by atoms with Crippen LogP contribution in [-0.4, -0.2) is 16.5 Å². The van der Waals surface area contributed by atoms with Gasteiger partial charge in [0.25, 0.3) is 0 Å². The van der Waals surface area contributed by atoms with Gasteiger partial charge in [-0.05, 0) is 43.5 Å². The van der Waals surface area contributed by atoms with Crippen LogP contribution in [0.1, 0.15) is 18.1 Å². The second-order valence-electron chi connectivity index (χ2n) is 6.42. The molecule has 0 saturated heterocycles. The molecule has 4 heteroatoms. The number of nitrogens with one attached hydrogen (secondary N) is 1. The molecule has 0 aliphatic rings. The van der Waals surface area contributed by atoms with Crippen LogP contribution < -0.4 is 10.7 Å². The van der Waals surface area contributed by atoms with Crippen LogP contribution in [0.4, 0.5) is 0 Å². The van der Waals surface area contributed by atoms with Crippen LogP contribution >= 0.6 is 0 Å². The van der Waals surface area contributed by atoms with Crippen LogP contribution in [0.5, 0.6) is 0 Å². The van der Waals surface area contributed by atoms with Crippen LogP contribution in [0.15, 0.2) is 65.6 Å². The lowest BCUT2D eigenvalue weighted by Gasteiger charge is -2.17. The van der Waals surface area contributed by atoms with Crippen molar-refractivity contribution < 1.29 is 4.79 Å². The molecule has 3 aromatic rings. The molecule has 25 heavy (non-hydrogen) atoms. The number of nitrogens with zero attached hydrogens (tertiary/aromatic N) is 1. The van der Waals surface area contributed by atoms with Gasteiger partial charge in [-0.25, -0.2) is 0 Å². The number of aryl methyl sites for hydroxylation is 1. The second kappa shape index (κ2) is 7.34. The van der Waals surface area contributed by atoms with E-state index < -0.39 is 0 Å². The minimum atomic E-state index is -0.0603. The number of carbonyl (C=O) groups excluding carboxylic acids is 1. The summed E-state index contributed by atoms with van der Waals surface area (Å²) in [6, 6.07) is 17.1. The summed E-state index contributed by atoms with van der Waals surface area (Å²) < 4.78 is 1.81. The molecule has 0 spiro atoms. The fraction of sp³-hybridized carbons (Fsp3) is 0.238. The molecule has 0 fully saturated rings. The highest BCUT2D eigenvalue weighted by molar-refractivity contribution is 5.82. The number of hydrogen-bond donors (Lipinski definition) is 1. The highest BCUT2D eigenvalue weighted by Crippen LogP contribution is 2.11. The molecule has 3 rings (SSSR count). The molecule has 1 aromatic heterocycles. The first-order valence-electron chi connectivity index (χ1n) is 8.46. The summed E-state index contributed by atoms with van der Waals surface area (Å²) in [5.74, 6) is -0.0603. The normalized spacial score (nSPS) is 12.1. The largest absolute Gasteiger partial charge is 0.352 e. The Bertz CT molecular complexity index is 959. The number of fused-ring (bicyclic) bond motifs is 1. The maximum Gasteiger partial charge on any atom is 0.240 e. The second-order valence-corrected chi connectivity index (χ2v) is 6.42. The fourth-order valence-corrected chi connectivity index (χ4v) is 3.09. The van der Waals surface area contributed by atoms with Gasteiger partial charge in [0.15, 0.2) is 5.43 Å². The molecule has 128 valence electrons. The van der Waals surface area contributed by atoms with Crippen molar-refractivity contribution in [3.8, 4) is 0 Å². The molecular formula is C21H22N2O2. The van der Waals surface area contributed by atoms with Crippen molar-refractivity contribution in [1.29, 1.82) is 0 Å². The maximum atomic E-state index is 12.4. The van der Waals surface area contributed by atoms with Crippen molar-refractivity contribution in [2.75, 3.05) is 0 Å². The van der Waals surface area contributed by atoms with E-state index in [1.165, 1.54) is 17.2 Å². The minimum Gasteiger partial charge on any atom is -0.352 e. The number of aromatic nitrogens is 1. The van der Waals surface area contributed by atoms with Gasteiger partial charge in [0.1, 0.15) is 6.54 Å². The van der Waals surface area contributed by atoms with Crippen LogP contribution in [0.25, 0.3) is 10.9 Å². The summed E-state index contributed by atoms with van der Waals surface area (Å²) >= 11 is 0. The van der Waals surface area contributed by atoms with Gasteiger partial charge in [0.05, 0.1) is 5.52 Å². The van der Waals surface area contributed by atoms with E-state index in [2.05, 4.69) is 24.4 Å². The van der Waals surface area contributed by atoms with E-state index in [9.17, 15) is 9.59 Å². The molecule has 0 saturated carbocycles. The molecule has 1 heterocycles. The van der Waals surface area contributed by atoms with Gasteiger partial charge in [-0.3, -0.25) is 9.59 Å². The Balaban J connectivity index is 1.70. The standard InChI is InChI=1S/C21H22N2O2/c1-15-7-3-4-8-17(15)13-16(2)22-21(25)14-23-12-11-20(24)18-9-5-6-10-19(18)23/h3-12,16H,13-14H2,1-2H3,(H,22,25)/t16-/m1/s1. The Morgan fingerprint density at radius 2 is 1.80 bits per heavy atom. The molecule has 1 N–H and O–H groups in total. The van der Waals surface area contributed by atoms with Gasteiger partial charge in [-0.2, -0.15) is 0 Å². The third kappa shape index (κ3) is 3.97. The summed E-state index contributed by atoms with van der Waals surface area (Å²) in [4.78, 5) is 24.3. The Hall–Kier alpha value is -2.88. The smallest absolute Gasteiger partial charge is 0.240 e. The lowest BCUT2D eigenvalue weighted by Crippen LogP contribution is -2.36. The van der Waals surface area contributed by atoms with Crippen LogP contribution in [0, 0.1) is 6.92 Å².